The molecule has 2 heterocycles. The second-order valence-corrected chi connectivity index (χ2v) is 5.86. The van der Waals surface area contributed by atoms with Gasteiger partial charge in [-0.3, -0.25) is 9.69 Å². The monoisotopic (exact) mass is 300 g/mol. The number of thiazole rings is 1. The predicted molar refractivity (Wildman–Crippen MR) is 74.9 cm³/mol. The maximum atomic E-state index is 10.7. The van der Waals surface area contributed by atoms with Gasteiger partial charge in [-0.05, 0) is 6.42 Å². The molecule has 20 heavy (non-hydrogen) atoms. The van der Waals surface area contributed by atoms with Gasteiger partial charge in [0.25, 0.3) is 0 Å². The van der Waals surface area contributed by atoms with E-state index in [-0.39, 0.29) is 6.42 Å². The molecule has 0 saturated carbocycles. The lowest BCUT2D eigenvalue weighted by molar-refractivity contribution is -0.136. The summed E-state index contributed by atoms with van der Waals surface area (Å²) in [6.07, 6.45) is 0.657. The van der Waals surface area contributed by atoms with Gasteiger partial charge in [0.1, 0.15) is 5.01 Å². The summed E-state index contributed by atoms with van der Waals surface area (Å²) >= 11 is 1.60. The standard InChI is InChI=1S/C13H20N2O4S/c1-18-9-10-11(2-3-13(16)17)20-12(14-10)8-15-4-6-19-7-5-15/h2-9H2,1H3,(H,16,17). The van der Waals surface area contributed by atoms with E-state index < -0.39 is 5.97 Å². The van der Waals surface area contributed by atoms with Crippen molar-refractivity contribution in [3.63, 3.8) is 0 Å². The van der Waals surface area contributed by atoms with Crippen LogP contribution in [-0.4, -0.2) is 54.4 Å². The number of carboxylic acid groups (broad SMARTS) is 1. The van der Waals surface area contributed by atoms with E-state index in [1.165, 1.54) is 0 Å². The number of aliphatic carboxylic acids is 1. The van der Waals surface area contributed by atoms with Crippen molar-refractivity contribution in [2.75, 3.05) is 33.4 Å². The number of methoxy groups -OCH3 is 1. The van der Waals surface area contributed by atoms with Crippen LogP contribution in [0.15, 0.2) is 0 Å². The van der Waals surface area contributed by atoms with Gasteiger partial charge >= 0.3 is 5.97 Å². The summed E-state index contributed by atoms with van der Waals surface area (Å²) in [4.78, 5) is 18.6. The second kappa shape index (κ2) is 7.68. The van der Waals surface area contributed by atoms with Crippen molar-refractivity contribution >= 4 is 17.3 Å². The minimum Gasteiger partial charge on any atom is -0.481 e. The largest absolute Gasteiger partial charge is 0.481 e. The summed E-state index contributed by atoms with van der Waals surface area (Å²) in [6.45, 7) is 4.62. The molecule has 1 aliphatic rings. The maximum Gasteiger partial charge on any atom is 0.303 e. The Hall–Kier alpha value is -1.02. The molecule has 0 aromatic carbocycles. The van der Waals surface area contributed by atoms with Crippen molar-refractivity contribution in [3.05, 3.63) is 15.6 Å². The molecule has 1 aromatic rings. The van der Waals surface area contributed by atoms with Crippen LogP contribution >= 0.6 is 11.3 Å². The number of hydrogen-bond acceptors (Lipinski definition) is 6. The van der Waals surface area contributed by atoms with Crippen LogP contribution in [0.2, 0.25) is 0 Å². The Morgan fingerprint density at radius 1 is 1.50 bits per heavy atom. The average molecular weight is 300 g/mol. The first-order valence-corrected chi connectivity index (χ1v) is 7.49. The van der Waals surface area contributed by atoms with Crippen LogP contribution in [0, 0.1) is 0 Å². The number of rotatable bonds is 7. The number of carboxylic acids is 1. The minimum absolute atomic E-state index is 0.135. The highest BCUT2D eigenvalue weighted by atomic mass is 32.1. The normalized spacial score (nSPS) is 16.4. The van der Waals surface area contributed by atoms with E-state index >= 15 is 0 Å². The summed E-state index contributed by atoms with van der Waals surface area (Å²) < 4.78 is 10.5. The third-order valence-corrected chi connectivity index (χ3v) is 4.27. The number of aryl methyl sites for hydroxylation is 1. The highest BCUT2D eigenvalue weighted by molar-refractivity contribution is 7.11. The van der Waals surface area contributed by atoms with Crippen LogP contribution in [0.3, 0.4) is 0 Å². The van der Waals surface area contributed by atoms with Crippen molar-refractivity contribution in [1.29, 1.82) is 0 Å². The molecule has 0 bridgehead atoms. The van der Waals surface area contributed by atoms with E-state index in [4.69, 9.17) is 14.6 Å². The van der Waals surface area contributed by atoms with E-state index in [0.717, 1.165) is 48.4 Å². The lowest BCUT2D eigenvalue weighted by atomic mass is 10.2. The van der Waals surface area contributed by atoms with Crippen LogP contribution in [-0.2, 0) is 33.8 Å². The Labute approximate surface area is 122 Å². The summed E-state index contributed by atoms with van der Waals surface area (Å²) in [5.41, 5.74) is 0.877. The zero-order chi connectivity index (χ0) is 14.4. The van der Waals surface area contributed by atoms with Gasteiger partial charge in [-0.2, -0.15) is 0 Å². The van der Waals surface area contributed by atoms with Crippen molar-refractivity contribution in [2.24, 2.45) is 0 Å². The number of carbonyl (C=O) groups is 1. The van der Waals surface area contributed by atoms with Crippen LogP contribution in [0.25, 0.3) is 0 Å². The summed E-state index contributed by atoms with van der Waals surface area (Å²) in [7, 11) is 1.63. The Bertz CT molecular complexity index is 444. The summed E-state index contributed by atoms with van der Waals surface area (Å²) in [5.74, 6) is -0.781. The van der Waals surface area contributed by atoms with Crippen LogP contribution < -0.4 is 0 Å². The van der Waals surface area contributed by atoms with Gasteiger partial charge in [0.15, 0.2) is 0 Å². The molecule has 1 saturated heterocycles. The van der Waals surface area contributed by atoms with Gasteiger partial charge in [0.05, 0.1) is 38.5 Å². The molecule has 1 aliphatic heterocycles. The first-order valence-electron chi connectivity index (χ1n) is 6.67. The van der Waals surface area contributed by atoms with Gasteiger partial charge in [-0.25, -0.2) is 4.98 Å². The molecule has 6 nitrogen and oxygen atoms in total. The number of morpholine rings is 1. The quantitative estimate of drug-likeness (QED) is 0.814. The third kappa shape index (κ3) is 4.52. The van der Waals surface area contributed by atoms with Gasteiger partial charge in [0, 0.05) is 25.1 Å². The van der Waals surface area contributed by atoms with E-state index in [2.05, 4.69) is 9.88 Å². The molecule has 0 spiro atoms. The highest BCUT2D eigenvalue weighted by Gasteiger charge is 2.16. The van der Waals surface area contributed by atoms with Gasteiger partial charge in [0.2, 0.25) is 0 Å². The summed E-state index contributed by atoms with van der Waals surface area (Å²) in [5, 5.41) is 9.82. The van der Waals surface area contributed by atoms with Crippen molar-refractivity contribution in [2.45, 2.75) is 26.0 Å². The lowest BCUT2D eigenvalue weighted by Gasteiger charge is -2.25. The molecule has 0 atom stereocenters. The summed E-state index contributed by atoms with van der Waals surface area (Å²) in [6, 6.07) is 0. The van der Waals surface area contributed by atoms with E-state index in [1.54, 1.807) is 18.4 Å². The molecule has 1 fully saturated rings. The molecule has 7 heteroatoms. The van der Waals surface area contributed by atoms with Crippen LogP contribution in [0.4, 0.5) is 0 Å². The molecule has 1 N–H and O–H groups in total. The molecule has 2 rings (SSSR count). The van der Waals surface area contributed by atoms with E-state index in [1.807, 2.05) is 0 Å². The molecular weight excluding hydrogens is 280 g/mol. The molecule has 0 aliphatic carbocycles. The SMILES string of the molecule is COCc1nc(CN2CCOCC2)sc1CCC(=O)O. The van der Waals surface area contributed by atoms with Crippen LogP contribution in [0.1, 0.15) is 22.0 Å². The van der Waals surface area contributed by atoms with Gasteiger partial charge in [-0.1, -0.05) is 0 Å². The Morgan fingerprint density at radius 2 is 2.25 bits per heavy atom. The molecule has 1 aromatic heterocycles. The number of ether oxygens (including phenoxy) is 2. The number of aromatic nitrogens is 1. The molecule has 0 radical (unpaired) electrons. The van der Waals surface area contributed by atoms with Crippen molar-refractivity contribution < 1.29 is 19.4 Å². The number of nitrogens with zero attached hydrogens (tertiary/aromatic N) is 2. The highest BCUT2D eigenvalue weighted by Crippen LogP contribution is 2.22. The molecule has 0 unspecified atom stereocenters. The molecular formula is C13H20N2O4S. The molecule has 0 amide bonds. The lowest BCUT2D eigenvalue weighted by Crippen LogP contribution is -2.35. The third-order valence-electron chi connectivity index (χ3n) is 3.13. The smallest absolute Gasteiger partial charge is 0.303 e. The number of hydrogen-bond donors (Lipinski definition) is 1. The molecule has 112 valence electrons. The average Bonchev–Trinajstić information content (AvgIpc) is 2.80. The fourth-order valence-corrected chi connectivity index (χ4v) is 3.23. The van der Waals surface area contributed by atoms with Crippen molar-refractivity contribution in [1.82, 2.24) is 9.88 Å². The first-order chi connectivity index (χ1) is 9.69. The second-order valence-electron chi connectivity index (χ2n) is 4.69. The zero-order valence-corrected chi connectivity index (χ0v) is 12.4. The van der Waals surface area contributed by atoms with E-state index in [0.29, 0.717) is 13.0 Å². The zero-order valence-electron chi connectivity index (χ0n) is 11.6. The van der Waals surface area contributed by atoms with Crippen LogP contribution in [0.5, 0.6) is 0 Å². The predicted octanol–water partition coefficient (Wildman–Crippen LogP) is 1.14. The Kier molecular flexibility index (Phi) is 5.90. The first kappa shape index (κ1) is 15.4. The Morgan fingerprint density at radius 3 is 2.90 bits per heavy atom. The maximum absolute atomic E-state index is 10.7. The minimum atomic E-state index is -0.781. The van der Waals surface area contributed by atoms with Crippen molar-refractivity contribution in [3.8, 4) is 0 Å². The topological polar surface area (TPSA) is 71.9 Å². The Balaban J connectivity index is 2.00. The van der Waals surface area contributed by atoms with E-state index in [9.17, 15) is 4.79 Å². The fourth-order valence-electron chi connectivity index (χ4n) is 2.12. The fraction of sp³-hybridized carbons (Fsp3) is 0.692. The van der Waals surface area contributed by atoms with Gasteiger partial charge in [-0.15, -0.1) is 11.3 Å². The van der Waals surface area contributed by atoms with Gasteiger partial charge < -0.3 is 14.6 Å².